The van der Waals surface area contributed by atoms with Crippen LogP contribution in [0.5, 0.6) is 0 Å². The van der Waals surface area contributed by atoms with E-state index >= 15 is 0 Å². The first-order valence-corrected chi connectivity index (χ1v) is 6.70. The Kier molecular flexibility index (Phi) is 3.37. The molecule has 1 aliphatic heterocycles. The molecule has 0 unspecified atom stereocenters. The molecule has 0 aliphatic carbocycles. The number of fused-ring (bicyclic) bond motifs is 1. The lowest BCUT2D eigenvalue weighted by Gasteiger charge is -2.21. The SMILES string of the molecule is O=C(CN1C(=O)CCCc2ccccc21)c1ccco1. The second-order valence-corrected chi connectivity index (χ2v) is 4.86. The van der Waals surface area contributed by atoms with Crippen LogP contribution in [0.3, 0.4) is 0 Å². The molecule has 0 radical (unpaired) electrons. The van der Waals surface area contributed by atoms with E-state index in [1.54, 1.807) is 17.0 Å². The van der Waals surface area contributed by atoms with E-state index in [1.165, 1.54) is 6.26 Å². The Hall–Kier alpha value is -2.36. The smallest absolute Gasteiger partial charge is 0.227 e. The molecule has 0 saturated heterocycles. The van der Waals surface area contributed by atoms with Crippen molar-refractivity contribution in [2.45, 2.75) is 19.3 Å². The highest BCUT2D eigenvalue weighted by atomic mass is 16.3. The molecule has 1 amide bonds. The predicted octanol–water partition coefficient (Wildman–Crippen LogP) is 2.83. The van der Waals surface area contributed by atoms with Gasteiger partial charge in [-0.05, 0) is 36.6 Å². The molecule has 0 atom stereocenters. The molecule has 20 heavy (non-hydrogen) atoms. The summed E-state index contributed by atoms with van der Waals surface area (Å²) in [6, 6.07) is 11.1. The monoisotopic (exact) mass is 269 g/mol. The third-order valence-corrected chi connectivity index (χ3v) is 3.52. The van der Waals surface area contributed by atoms with Crippen molar-refractivity contribution in [2.75, 3.05) is 11.4 Å². The van der Waals surface area contributed by atoms with Crippen molar-refractivity contribution in [1.82, 2.24) is 0 Å². The number of ketones is 1. The van der Waals surface area contributed by atoms with Gasteiger partial charge < -0.3 is 9.32 Å². The fourth-order valence-electron chi connectivity index (χ4n) is 2.52. The normalized spacial score (nSPS) is 14.8. The van der Waals surface area contributed by atoms with Gasteiger partial charge in [-0.3, -0.25) is 9.59 Å². The van der Waals surface area contributed by atoms with E-state index in [2.05, 4.69) is 0 Å². The molecule has 2 heterocycles. The van der Waals surface area contributed by atoms with Crippen molar-refractivity contribution in [2.24, 2.45) is 0 Å². The second-order valence-electron chi connectivity index (χ2n) is 4.86. The van der Waals surface area contributed by atoms with E-state index in [0.717, 1.165) is 24.1 Å². The molecule has 102 valence electrons. The molecule has 4 heteroatoms. The maximum atomic E-state index is 12.2. The first-order valence-electron chi connectivity index (χ1n) is 6.70. The van der Waals surface area contributed by atoms with Gasteiger partial charge in [0, 0.05) is 12.1 Å². The van der Waals surface area contributed by atoms with E-state index in [-0.39, 0.29) is 18.2 Å². The van der Waals surface area contributed by atoms with Crippen molar-refractivity contribution in [1.29, 1.82) is 0 Å². The first-order chi connectivity index (χ1) is 9.75. The molecule has 2 aromatic rings. The van der Waals surface area contributed by atoms with E-state index in [1.807, 2.05) is 24.3 Å². The summed E-state index contributed by atoms with van der Waals surface area (Å²) in [6.45, 7) is 0.0311. The summed E-state index contributed by atoms with van der Waals surface area (Å²) in [5.41, 5.74) is 1.96. The van der Waals surface area contributed by atoms with Crippen molar-refractivity contribution < 1.29 is 14.0 Å². The summed E-state index contributed by atoms with van der Waals surface area (Å²) in [4.78, 5) is 26.0. The quantitative estimate of drug-likeness (QED) is 0.805. The number of para-hydroxylation sites is 1. The van der Waals surface area contributed by atoms with E-state index < -0.39 is 0 Å². The topological polar surface area (TPSA) is 50.5 Å². The standard InChI is InChI=1S/C16H15NO3/c18-14(15-8-4-10-20-15)11-17-13-7-2-1-5-12(13)6-3-9-16(17)19/h1-2,4-5,7-8,10H,3,6,9,11H2. The van der Waals surface area contributed by atoms with Gasteiger partial charge in [-0.25, -0.2) is 0 Å². The zero-order chi connectivity index (χ0) is 13.9. The molecule has 4 nitrogen and oxygen atoms in total. The van der Waals surface area contributed by atoms with E-state index in [9.17, 15) is 9.59 Å². The molecule has 0 N–H and O–H groups in total. The lowest BCUT2D eigenvalue weighted by molar-refractivity contribution is -0.118. The molecular weight excluding hydrogens is 254 g/mol. The maximum Gasteiger partial charge on any atom is 0.227 e. The Morgan fingerprint density at radius 1 is 1.15 bits per heavy atom. The van der Waals surface area contributed by atoms with Crippen molar-refractivity contribution in [3.05, 3.63) is 54.0 Å². The van der Waals surface area contributed by atoms with Crippen LogP contribution in [0.15, 0.2) is 47.1 Å². The van der Waals surface area contributed by atoms with Crippen LogP contribution in [0.1, 0.15) is 29.0 Å². The third kappa shape index (κ3) is 2.37. The lowest BCUT2D eigenvalue weighted by Crippen LogP contribution is -2.35. The number of aryl methyl sites for hydroxylation is 1. The Bertz CT molecular complexity index is 631. The predicted molar refractivity (Wildman–Crippen MR) is 74.8 cm³/mol. The molecular formula is C16H15NO3. The number of Topliss-reactive ketones (excluding diaryl/α,β-unsaturated/α-hetero) is 1. The largest absolute Gasteiger partial charge is 0.461 e. The summed E-state index contributed by atoms with van der Waals surface area (Å²) in [6.07, 6.45) is 3.63. The van der Waals surface area contributed by atoms with Crippen LogP contribution in [0.25, 0.3) is 0 Å². The summed E-state index contributed by atoms with van der Waals surface area (Å²) in [7, 11) is 0. The average Bonchev–Trinajstić information content (AvgIpc) is 2.94. The van der Waals surface area contributed by atoms with Gasteiger partial charge in [0.2, 0.25) is 11.7 Å². The van der Waals surface area contributed by atoms with Gasteiger partial charge >= 0.3 is 0 Å². The maximum absolute atomic E-state index is 12.2. The number of carbonyl (C=O) groups excluding carboxylic acids is 2. The minimum Gasteiger partial charge on any atom is -0.461 e. The van der Waals surface area contributed by atoms with Crippen LogP contribution >= 0.6 is 0 Å². The highest BCUT2D eigenvalue weighted by molar-refractivity contribution is 6.04. The van der Waals surface area contributed by atoms with Crippen LogP contribution in [0, 0.1) is 0 Å². The van der Waals surface area contributed by atoms with Crippen LogP contribution in [0.2, 0.25) is 0 Å². The van der Waals surface area contributed by atoms with Crippen LogP contribution in [0.4, 0.5) is 5.69 Å². The lowest BCUT2D eigenvalue weighted by atomic mass is 10.1. The van der Waals surface area contributed by atoms with Gasteiger partial charge in [0.05, 0.1) is 12.8 Å². The molecule has 1 aromatic carbocycles. The van der Waals surface area contributed by atoms with E-state index in [4.69, 9.17) is 4.42 Å². The van der Waals surface area contributed by atoms with Gasteiger partial charge in [-0.2, -0.15) is 0 Å². The zero-order valence-electron chi connectivity index (χ0n) is 11.0. The fraction of sp³-hybridized carbons (Fsp3) is 0.250. The average molecular weight is 269 g/mol. The van der Waals surface area contributed by atoms with Gasteiger partial charge in [-0.15, -0.1) is 0 Å². The number of rotatable bonds is 3. The number of benzene rings is 1. The second kappa shape index (κ2) is 5.33. The molecule has 1 aliphatic rings. The number of anilines is 1. The highest BCUT2D eigenvalue weighted by Crippen LogP contribution is 2.26. The van der Waals surface area contributed by atoms with Gasteiger partial charge in [-0.1, -0.05) is 18.2 Å². The van der Waals surface area contributed by atoms with Crippen LogP contribution in [-0.4, -0.2) is 18.2 Å². The number of hydrogen-bond donors (Lipinski definition) is 0. The fourth-order valence-corrected chi connectivity index (χ4v) is 2.52. The molecule has 0 spiro atoms. The number of carbonyl (C=O) groups is 2. The summed E-state index contributed by atoms with van der Waals surface area (Å²) in [5.74, 6) is 0.106. The van der Waals surface area contributed by atoms with Gasteiger partial charge in [0.25, 0.3) is 0 Å². The third-order valence-electron chi connectivity index (χ3n) is 3.52. The molecule has 0 saturated carbocycles. The Balaban J connectivity index is 1.90. The summed E-state index contributed by atoms with van der Waals surface area (Å²) >= 11 is 0. The molecule has 0 fully saturated rings. The van der Waals surface area contributed by atoms with Gasteiger partial charge in [0.15, 0.2) is 5.76 Å². The van der Waals surface area contributed by atoms with Crippen molar-refractivity contribution in [3.63, 3.8) is 0 Å². The number of hydrogen-bond acceptors (Lipinski definition) is 3. The van der Waals surface area contributed by atoms with Crippen molar-refractivity contribution >= 4 is 17.4 Å². The zero-order valence-corrected chi connectivity index (χ0v) is 11.0. The Morgan fingerprint density at radius 3 is 2.80 bits per heavy atom. The number of nitrogens with zero attached hydrogens (tertiary/aromatic N) is 1. The number of amides is 1. The van der Waals surface area contributed by atoms with Gasteiger partial charge in [0.1, 0.15) is 0 Å². The Morgan fingerprint density at radius 2 is 2.00 bits per heavy atom. The first kappa shape index (κ1) is 12.7. The van der Waals surface area contributed by atoms with Crippen LogP contribution < -0.4 is 4.90 Å². The van der Waals surface area contributed by atoms with E-state index in [0.29, 0.717) is 12.2 Å². The summed E-state index contributed by atoms with van der Waals surface area (Å²) in [5, 5.41) is 0. The minimum absolute atomic E-state index is 0.00476. The minimum atomic E-state index is -0.181. The number of furan rings is 1. The summed E-state index contributed by atoms with van der Waals surface area (Å²) < 4.78 is 5.10. The molecule has 3 rings (SSSR count). The van der Waals surface area contributed by atoms with Crippen molar-refractivity contribution in [3.8, 4) is 0 Å². The Labute approximate surface area is 117 Å². The van der Waals surface area contributed by atoms with Crippen LogP contribution in [-0.2, 0) is 11.2 Å². The molecule has 0 bridgehead atoms. The molecule has 1 aromatic heterocycles. The highest BCUT2D eigenvalue weighted by Gasteiger charge is 2.25.